The highest BCUT2D eigenvalue weighted by Crippen LogP contribution is 2.26. The predicted octanol–water partition coefficient (Wildman–Crippen LogP) is 2.20. The highest BCUT2D eigenvalue weighted by atomic mass is 15.3. The van der Waals surface area contributed by atoms with E-state index in [2.05, 4.69) is 37.1 Å². The van der Waals surface area contributed by atoms with Gasteiger partial charge in [0, 0.05) is 12.4 Å². The predicted molar refractivity (Wildman–Crippen MR) is 67.6 cm³/mol. The monoisotopic (exact) mass is 217 g/mol. The molecule has 0 radical (unpaired) electrons. The lowest BCUT2D eigenvalue weighted by Gasteiger charge is -2.03. The first-order valence-electron chi connectivity index (χ1n) is 5.79. The van der Waals surface area contributed by atoms with Crippen molar-refractivity contribution in [2.24, 2.45) is 12.8 Å². The van der Waals surface area contributed by atoms with Crippen LogP contribution in [-0.2, 0) is 13.5 Å². The van der Waals surface area contributed by atoms with Crippen LogP contribution in [0.1, 0.15) is 31.0 Å². The molecule has 0 saturated heterocycles. The normalized spacial score (nSPS) is 11.6. The van der Waals surface area contributed by atoms with Gasteiger partial charge in [-0.25, -0.2) is 0 Å². The van der Waals surface area contributed by atoms with Crippen molar-refractivity contribution in [1.29, 1.82) is 0 Å². The Labute approximate surface area is 96.2 Å². The molecule has 2 aromatic rings. The van der Waals surface area contributed by atoms with E-state index in [4.69, 9.17) is 5.73 Å². The molecule has 1 aromatic heterocycles. The molecular formula is C13H19N3. The molecule has 0 amide bonds. The molecule has 0 saturated carbocycles. The second kappa shape index (κ2) is 4.26. The maximum absolute atomic E-state index is 5.64. The van der Waals surface area contributed by atoms with Crippen molar-refractivity contribution in [3.05, 3.63) is 29.5 Å². The summed E-state index contributed by atoms with van der Waals surface area (Å²) in [6.45, 7) is 5.04. The summed E-state index contributed by atoms with van der Waals surface area (Å²) in [7, 11) is 2.01. The summed E-state index contributed by atoms with van der Waals surface area (Å²) < 4.78 is 1.98. The molecule has 3 nitrogen and oxygen atoms in total. The molecule has 86 valence electrons. The van der Waals surface area contributed by atoms with Crippen LogP contribution in [0.4, 0.5) is 0 Å². The van der Waals surface area contributed by atoms with Gasteiger partial charge in [-0.05, 0) is 24.4 Å². The summed E-state index contributed by atoms with van der Waals surface area (Å²) in [5.41, 5.74) is 9.34. The third-order valence-corrected chi connectivity index (χ3v) is 2.94. The highest BCUT2D eigenvalue weighted by Gasteiger charge is 2.13. The van der Waals surface area contributed by atoms with Crippen LogP contribution in [0.2, 0.25) is 0 Å². The van der Waals surface area contributed by atoms with Crippen LogP contribution in [0.25, 0.3) is 10.9 Å². The average molecular weight is 217 g/mol. The van der Waals surface area contributed by atoms with Gasteiger partial charge in [0.25, 0.3) is 0 Å². The van der Waals surface area contributed by atoms with E-state index >= 15 is 0 Å². The van der Waals surface area contributed by atoms with Crippen LogP contribution in [0.5, 0.6) is 0 Å². The van der Waals surface area contributed by atoms with E-state index in [0.29, 0.717) is 12.5 Å². The van der Waals surface area contributed by atoms with E-state index in [0.717, 1.165) is 6.42 Å². The molecule has 2 rings (SSSR count). The second-order valence-electron chi connectivity index (χ2n) is 4.52. The number of benzene rings is 1. The van der Waals surface area contributed by atoms with Gasteiger partial charge >= 0.3 is 0 Å². The van der Waals surface area contributed by atoms with Crippen molar-refractivity contribution in [1.82, 2.24) is 9.78 Å². The van der Waals surface area contributed by atoms with Crippen LogP contribution in [0.3, 0.4) is 0 Å². The van der Waals surface area contributed by atoms with Gasteiger partial charge in [-0.2, -0.15) is 5.10 Å². The lowest BCUT2D eigenvalue weighted by molar-refractivity contribution is 0.726. The minimum absolute atomic E-state index is 0.455. The van der Waals surface area contributed by atoms with E-state index in [1.807, 2.05) is 11.7 Å². The van der Waals surface area contributed by atoms with Crippen LogP contribution >= 0.6 is 0 Å². The molecule has 0 aliphatic rings. The van der Waals surface area contributed by atoms with Gasteiger partial charge < -0.3 is 5.73 Å². The maximum Gasteiger partial charge on any atom is 0.0728 e. The van der Waals surface area contributed by atoms with Crippen LogP contribution in [-0.4, -0.2) is 16.3 Å². The first-order valence-corrected chi connectivity index (χ1v) is 5.79. The third-order valence-electron chi connectivity index (χ3n) is 2.94. The molecule has 0 aliphatic carbocycles. The van der Waals surface area contributed by atoms with Gasteiger partial charge in [-0.1, -0.05) is 32.0 Å². The quantitative estimate of drug-likeness (QED) is 0.856. The topological polar surface area (TPSA) is 43.8 Å². The molecule has 2 N–H and O–H groups in total. The van der Waals surface area contributed by atoms with Crippen molar-refractivity contribution in [3.8, 4) is 0 Å². The molecule has 0 atom stereocenters. The van der Waals surface area contributed by atoms with E-state index in [9.17, 15) is 0 Å². The number of nitrogens with zero attached hydrogens (tertiary/aromatic N) is 2. The van der Waals surface area contributed by atoms with Gasteiger partial charge in [0.2, 0.25) is 0 Å². The lowest BCUT2D eigenvalue weighted by Crippen LogP contribution is -2.04. The fourth-order valence-electron chi connectivity index (χ4n) is 2.23. The number of rotatable bonds is 3. The third kappa shape index (κ3) is 1.71. The van der Waals surface area contributed by atoms with Crippen molar-refractivity contribution < 1.29 is 0 Å². The Morgan fingerprint density at radius 2 is 2.12 bits per heavy atom. The largest absolute Gasteiger partial charge is 0.330 e. The van der Waals surface area contributed by atoms with E-state index < -0.39 is 0 Å². The van der Waals surface area contributed by atoms with Crippen molar-refractivity contribution >= 4 is 10.9 Å². The summed E-state index contributed by atoms with van der Waals surface area (Å²) in [4.78, 5) is 0. The Bertz CT molecular complexity index is 497. The summed E-state index contributed by atoms with van der Waals surface area (Å²) >= 11 is 0. The van der Waals surface area contributed by atoms with Crippen molar-refractivity contribution in [3.63, 3.8) is 0 Å². The van der Waals surface area contributed by atoms with E-state index in [1.165, 1.54) is 22.2 Å². The van der Waals surface area contributed by atoms with Crippen LogP contribution < -0.4 is 5.73 Å². The molecule has 1 aromatic carbocycles. The number of para-hydroxylation sites is 1. The molecule has 0 spiro atoms. The fourth-order valence-corrected chi connectivity index (χ4v) is 2.23. The number of hydrogen-bond acceptors (Lipinski definition) is 2. The summed E-state index contributed by atoms with van der Waals surface area (Å²) in [6, 6.07) is 6.39. The van der Waals surface area contributed by atoms with Crippen molar-refractivity contribution in [2.75, 3.05) is 6.54 Å². The minimum Gasteiger partial charge on any atom is -0.330 e. The Hall–Kier alpha value is -1.35. The van der Waals surface area contributed by atoms with Crippen LogP contribution in [0.15, 0.2) is 18.2 Å². The number of hydrogen-bond donors (Lipinski definition) is 1. The van der Waals surface area contributed by atoms with E-state index in [1.54, 1.807) is 0 Å². The summed E-state index contributed by atoms with van der Waals surface area (Å²) in [6.07, 6.45) is 0.911. The number of nitrogens with two attached hydrogens (primary N) is 1. The first kappa shape index (κ1) is 11.1. The van der Waals surface area contributed by atoms with Gasteiger partial charge in [0.1, 0.15) is 0 Å². The van der Waals surface area contributed by atoms with Crippen molar-refractivity contribution in [2.45, 2.75) is 26.2 Å². The Kier molecular flexibility index (Phi) is 2.97. The zero-order valence-corrected chi connectivity index (χ0v) is 10.2. The number of aromatic nitrogens is 2. The SMILES string of the molecule is CC(C)c1nn(C)c2c(CCN)cccc12. The highest BCUT2D eigenvalue weighted by molar-refractivity contribution is 5.85. The Morgan fingerprint density at radius 3 is 2.75 bits per heavy atom. The average Bonchev–Trinajstić information content (AvgIpc) is 2.58. The number of aryl methyl sites for hydroxylation is 1. The fraction of sp³-hybridized carbons (Fsp3) is 0.462. The number of fused-ring (bicyclic) bond motifs is 1. The summed E-state index contributed by atoms with van der Waals surface area (Å²) in [5, 5.41) is 5.88. The zero-order valence-electron chi connectivity index (χ0n) is 10.2. The molecule has 0 aliphatic heterocycles. The second-order valence-corrected chi connectivity index (χ2v) is 4.52. The maximum atomic E-state index is 5.64. The Balaban J connectivity index is 2.69. The van der Waals surface area contributed by atoms with Crippen LogP contribution in [0, 0.1) is 0 Å². The van der Waals surface area contributed by atoms with Gasteiger partial charge in [-0.15, -0.1) is 0 Å². The lowest BCUT2D eigenvalue weighted by atomic mass is 10.0. The molecule has 16 heavy (non-hydrogen) atoms. The standard InChI is InChI=1S/C13H19N3/c1-9(2)12-11-6-4-5-10(7-8-14)13(11)16(3)15-12/h4-6,9H,7-8,14H2,1-3H3. The first-order chi connectivity index (χ1) is 7.65. The smallest absolute Gasteiger partial charge is 0.0728 e. The van der Waals surface area contributed by atoms with Gasteiger partial charge in [0.05, 0.1) is 11.2 Å². The minimum atomic E-state index is 0.455. The molecule has 0 bridgehead atoms. The van der Waals surface area contributed by atoms with E-state index in [-0.39, 0.29) is 0 Å². The van der Waals surface area contributed by atoms with Gasteiger partial charge in [-0.3, -0.25) is 4.68 Å². The molecular weight excluding hydrogens is 198 g/mol. The van der Waals surface area contributed by atoms with Gasteiger partial charge in [0.15, 0.2) is 0 Å². The zero-order chi connectivity index (χ0) is 11.7. The molecule has 3 heteroatoms. The molecule has 0 fully saturated rings. The molecule has 1 heterocycles. The summed E-state index contributed by atoms with van der Waals surface area (Å²) in [5.74, 6) is 0.455. The molecule has 0 unspecified atom stereocenters. The Morgan fingerprint density at radius 1 is 1.38 bits per heavy atom.